The van der Waals surface area contributed by atoms with Crippen LogP contribution < -0.4 is 9.64 Å². The largest absolute Gasteiger partial charge is 0.497 e. The molecule has 2 heterocycles. The topological polar surface area (TPSA) is 49.9 Å². The smallest absolute Gasteiger partial charge is 0.282 e. The van der Waals surface area contributed by atoms with E-state index in [1.807, 2.05) is 24.0 Å². The summed E-state index contributed by atoms with van der Waals surface area (Å²) in [7, 11) is 1.60. The van der Waals surface area contributed by atoms with Crippen molar-refractivity contribution in [3.05, 3.63) is 64.3 Å². The molecule has 1 fully saturated rings. The quantitative estimate of drug-likeness (QED) is 0.732. The molecule has 2 aromatic rings. The standard InChI is InChI=1S/C22H21ClN2O3/c1-14-17(23)6-5-7-18(14)25-21(26)19(15-8-10-16(28-2)11-9-15)20(22(25)27)24-12-3-4-13-24/h5-11H,3-4,12-13H2,1-2H3. The molecule has 0 bridgehead atoms. The number of benzene rings is 2. The second-order valence-electron chi connectivity index (χ2n) is 6.98. The molecule has 2 aliphatic heterocycles. The Morgan fingerprint density at radius 2 is 1.64 bits per heavy atom. The van der Waals surface area contributed by atoms with Crippen LogP contribution in [0.2, 0.25) is 5.02 Å². The van der Waals surface area contributed by atoms with Crippen molar-refractivity contribution in [1.29, 1.82) is 0 Å². The van der Waals surface area contributed by atoms with Crippen LogP contribution in [0.5, 0.6) is 5.75 Å². The lowest BCUT2D eigenvalue weighted by atomic mass is 10.0. The van der Waals surface area contributed by atoms with Crippen LogP contribution in [0.25, 0.3) is 5.57 Å². The zero-order valence-electron chi connectivity index (χ0n) is 15.9. The summed E-state index contributed by atoms with van der Waals surface area (Å²) in [6, 6.07) is 12.5. The summed E-state index contributed by atoms with van der Waals surface area (Å²) in [6.45, 7) is 3.37. The van der Waals surface area contributed by atoms with Crippen molar-refractivity contribution in [2.75, 3.05) is 25.1 Å². The Kier molecular flexibility index (Phi) is 4.85. The van der Waals surface area contributed by atoms with Gasteiger partial charge in [0, 0.05) is 18.1 Å². The zero-order valence-corrected chi connectivity index (χ0v) is 16.6. The van der Waals surface area contributed by atoms with Gasteiger partial charge in [0.2, 0.25) is 0 Å². The molecule has 1 saturated heterocycles. The lowest BCUT2D eigenvalue weighted by Gasteiger charge is -2.21. The van der Waals surface area contributed by atoms with E-state index in [1.54, 1.807) is 37.4 Å². The highest BCUT2D eigenvalue weighted by molar-refractivity contribution is 6.46. The van der Waals surface area contributed by atoms with E-state index in [4.69, 9.17) is 16.3 Å². The first-order chi connectivity index (χ1) is 13.5. The SMILES string of the molecule is COc1ccc(C2=C(N3CCCC3)C(=O)N(c3cccc(Cl)c3C)C2=O)cc1. The predicted octanol–water partition coefficient (Wildman–Crippen LogP) is 4.04. The van der Waals surface area contributed by atoms with Crippen LogP contribution in [0.1, 0.15) is 24.0 Å². The van der Waals surface area contributed by atoms with Gasteiger partial charge in [-0.05, 0) is 55.2 Å². The summed E-state index contributed by atoms with van der Waals surface area (Å²) >= 11 is 6.25. The van der Waals surface area contributed by atoms with Crippen LogP contribution in [-0.2, 0) is 9.59 Å². The number of halogens is 1. The third-order valence-electron chi connectivity index (χ3n) is 5.34. The number of nitrogens with zero attached hydrogens (tertiary/aromatic N) is 2. The van der Waals surface area contributed by atoms with Crippen molar-refractivity contribution in [2.24, 2.45) is 0 Å². The molecule has 4 rings (SSSR count). The fraction of sp³-hybridized carbons (Fsp3) is 0.273. The maximum absolute atomic E-state index is 13.4. The van der Waals surface area contributed by atoms with E-state index in [9.17, 15) is 9.59 Å². The van der Waals surface area contributed by atoms with Gasteiger partial charge in [0.25, 0.3) is 11.8 Å². The Hall–Kier alpha value is -2.79. The van der Waals surface area contributed by atoms with Gasteiger partial charge < -0.3 is 9.64 Å². The van der Waals surface area contributed by atoms with E-state index in [-0.39, 0.29) is 11.8 Å². The maximum atomic E-state index is 13.4. The number of ether oxygens (including phenoxy) is 1. The first-order valence-corrected chi connectivity index (χ1v) is 9.68. The molecule has 0 saturated carbocycles. The molecule has 0 aliphatic carbocycles. The third kappa shape index (κ3) is 2.96. The van der Waals surface area contributed by atoms with Crippen molar-refractivity contribution in [3.8, 4) is 5.75 Å². The third-order valence-corrected chi connectivity index (χ3v) is 5.75. The van der Waals surface area contributed by atoms with E-state index >= 15 is 0 Å². The molecule has 6 heteroatoms. The van der Waals surface area contributed by atoms with Crippen LogP contribution >= 0.6 is 11.6 Å². The Labute approximate surface area is 169 Å². The lowest BCUT2D eigenvalue weighted by molar-refractivity contribution is -0.120. The first kappa shape index (κ1) is 18.6. The molecule has 0 atom stereocenters. The molecule has 0 radical (unpaired) electrons. The van der Waals surface area contributed by atoms with Crippen molar-refractivity contribution >= 4 is 34.7 Å². The van der Waals surface area contributed by atoms with Crippen molar-refractivity contribution < 1.29 is 14.3 Å². The number of hydrogen-bond acceptors (Lipinski definition) is 4. The minimum atomic E-state index is -0.317. The number of methoxy groups -OCH3 is 1. The molecule has 0 N–H and O–H groups in total. The van der Waals surface area contributed by atoms with Gasteiger partial charge in [-0.25, -0.2) is 4.90 Å². The number of hydrogen-bond donors (Lipinski definition) is 0. The van der Waals surface area contributed by atoms with Crippen LogP contribution in [0.15, 0.2) is 48.2 Å². The van der Waals surface area contributed by atoms with Crippen molar-refractivity contribution in [3.63, 3.8) is 0 Å². The average molecular weight is 397 g/mol. The second kappa shape index (κ2) is 7.32. The zero-order chi connectivity index (χ0) is 19.8. The summed E-state index contributed by atoms with van der Waals surface area (Å²) < 4.78 is 5.22. The maximum Gasteiger partial charge on any atom is 0.282 e. The van der Waals surface area contributed by atoms with Crippen molar-refractivity contribution in [1.82, 2.24) is 4.90 Å². The molecule has 0 spiro atoms. The Morgan fingerprint density at radius 3 is 2.29 bits per heavy atom. The molecular formula is C22H21ClN2O3. The Balaban J connectivity index is 1.84. The molecular weight excluding hydrogens is 376 g/mol. The lowest BCUT2D eigenvalue weighted by Crippen LogP contribution is -2.35. The van der Waals surface area contributed by atoms with E-state index in [1.165, 1.54) is 4.90 Å². The minimum absolute atomic E-state index is 0.289. The van der Waals surface area contributed by atoms with Gasteiger partial charge in [0.15, 0.2) is 0 Å². The van der Waals surface area contributed by atoms with E-state index in [2.05, 4.69) is 0 Å². The number of anilines is 1. The molecule has 0 aromatic heterocycles. The summed E-state index contributed by atoms with van der Waals surface area (Å²) in [6.07, 6.45) is 2.02. The fourth-order valence-electron chi connectivity index (χ4n) is 3.83. The number of rotatable bonds is 4. The van der Waals surface area contributed by atoms with Gasteiger partial charge in [-0.2, -0.15) is 0 Å². The van der Waals surface area contributed by atoms with E-state index < -0.39 is 0 Å². The van der Waals surface area contributed by atoms with Crippen molar-refractivity contribution in [2.45, 2.75) is 19.8 Å². The molecule has 144 valence electrons. The molecule has 2 aromatic carbocycles. The monoisotopic (exact) mass is 396 g/mol. The predicted molar refractivity (Wildman–Crippen MR) is 109 cm³/mol. The number of amides is 2. The highest BCUT2D eigenvalue weighted by atomic mass is 35.5. The average Bonchev–Trinajstić information content (AvgIpc) is 3.31. The van der Waals surface area contributed by atoms with Crippen LogP contribution in [-0.4, -0.2) is 36.9 Å². The molecule has 0 unspecified atom stereocenters. The Bertz CT molecular complexity index is 976. The summed E-state index contributed by atoms with van der Waals surface area (Å²) in [5, 5.41) is 0.527. The summed E-state index contributed by atoms with van der Waals surface area (Å²) in [5.41, 5.74) is 2.87. The number of imide groups is 1. The van der Waals surface area contributed by atoms with Gasteiger partial charge in [-0.1, -0.05) is 29.8 Å². The Morgan fingerprint density at radius 1 is 0.964 bits per heavy atom. The van der Waals surface area contributed by atoms with E-state index in [0.29, 0.717) is 38.9 Å². The molecule has 5 nitrogen and oxygen atoms in total. The summed E-state index contributed by atoms with van der Waals surface area (Å²) in [4.78, 5) is 30.1. The van der Waals surface area contributed by atoms with Crippen LogP contribution in [0.4, 0.5) is 5.69 Å². The molecule has 2 amide bonds. The fourth-order valence-corrected chi connectivity index (χ4v) is 4.00. The highest BCUT2D eigenvalue weighted by Crippen LogP contribution is 2.38. The summed E-state index contributed by atoms with van der Waals surface area (Å²) in [5.74, 6) is 0.0944. The van der Waals surface area contributed by atoms with Gasteiger partial charge in [-0.15, -0.1) is 0 Å². The van der Waals surface area contributed by atoms with Crippen LogP contribution in [0.3, 0.4) is 0 Å². The highest BCUT2D eigenvalue weighted by Gasteiger charge is 2.43. The van der Waals surface area contributed by atoms with Gasteiger partial charge >= 0.3 is 0 Å². The number of carbonyl (C=O) groups excluding carboxylic acids is 2. The second-order valence-corrected chi connectivity index (χ2v) is 7.38. The van der Waals surface area contributed by atoms with Gasteiger partial charge in [0.05, 0.1) is 18.4 Å². The van der Waals surface area contributed by atoms with E-state index in [0.717, 1.165) is 25.9 Å². The normalized spacial score (nSPS) is 17.1. The number of carbonyl (C=O) groups is 2. The van der Waals surface area contributed by atoms with Crippen LogP contribution in [0, 0.1) is 6.92 Å². The number of likely N-dealkylation sites (tertiary alicyclic amines) is 1. The molecule has 2 aliphatic rings. The van der Waals surface area contributed by atoms with Gasteiger partial charge in [0.1, 0.15) is 11.4 Å². The van der Waals surface area contributed by atoms with Gasteiger partial charge in [-0.3, -0.25) is 9.59 Å². The molecule has 28 heavy (non-hydrogen) atoms. The first-order valence-electron chi connectivity index (χ1n) is 9.30. The minimum Gasteiger partial charge on any atom is -0.497 e.